The lowest BCUT2D eigenvalue weighted by atomic mass is 10.1. The van der Waals surface area contributed by atoms with Gasteiger partial charge in [-0.05, 0) is 39.7 Å². The van der Waals surface area contributed by atoms with Crippen LogP contribution in [0.4, 0.5) is 0 Å². The minimum absolute atomic E-state index is 0.0288. The Morgan fingerprint density at radius 1 is 1.16 bits per heavy atom. The molecule has 0 aromatic carbocycles. The largest absolute Gasteiger partial charge is 0.342 e. The Morgan fingerprint density at radius 3 is 2.48 bits per heavy atom. The molecule has 136 valence electrons. The van der Waals surface area contributed by atoms with E-state index in [1.807, 2.05) is 27.7 Å². The molecule has 2 amide bonds. The van der Waals surface area contributed by atoms with Crippen LogP contribution in [0.15, 0.2) is 6.33 Å². The average molecular weight is 346 g/mol. The quantitative estimate of drug-likeness (QED) is 0.747. The number of hydrogen-bond acceptors (Lipinski definition) is 5. The second kappa shape index (κ2) is 8.04. The Hall–Kier alpha value is -2.51. The van der Waals surface area contributed by atoms with E-state index in [1.54, 1.807) is 16.5 Å². The molecule has 0 bridgehead atoms. The van der Waals surface area contributed by atoms with Gasteiger partial charge in [-0.15, -0.1) is 0 Å². The van der Waals surface area contributed by atoms with Gasteiger partial charge in [-0.2, -0.15) is 10.1 Å². The van der Waals surface area contributed by atoms with Crippen molar-refractivity contribution in [3.63, 3.8) is 0 Å². The molecule has 2 rings (SSSR count). The number of likely N-dealkylation sites (N-methyl/N-ethyl adjacent to an activating group) is 2. The van der Waals surface area contributed by atoms with E-state index in [2.05, 4.69) is 15.1 Å². The minimum Gasteiger partial charge on any atom is -0.342 e. The number of fused-ring (bicyclic) bond motifs is 1. The van der Waals surface area contributed by atoms with Crippen LogP contribution in [0.2, 0.25) is 0 Å². The molecule has 0 atom stereocenters. The molecule has 0 aliphatic carbocycles. The Kier molecular flexibility index (Phi) is 6.06. The standard InChI is InChI=1S/C17H26N6O2/c1-6-22(7-2)16(25)10-21(5)15(24)9-8-14-12(3)20-17-18-11-19-23(17)13(14)4/h11H,6-10H2,1-5H3. The van der Waals surface area contributed by atoms with Gasteiger partial charge in [0.1, 0.15) is 6.33 Å². The molecule has 8 heteroatoms. The molecule has 0 spiro atoms. The maximum Gasteiger partial charge on any atom is 0.252 e. The second-order valence-corrected chi connectivity index (χ2v) is 6.05. The molecule has 2 heterocycles. The molecule has 2 aromatic heterocycles. The second-order valence-electron chi connectivity index (χ2n) is 6.05. The van der Waals surface area contributed by atoms with Crippen molar-refractivity contribution < 1.29 is 9.59 Å². The van der Waals surface area contributed by atoms with Crippen LogP contribution in [0.3, 0.4) is 0 Å². The van der Waals surface area contributed by atoms with E-state index in [0.29, 0.717) is 31.7 Å². The van der Waals surface area contributed by atoms with Crippen LogP contribution in [0.25, 0.3) is 5.78 Å². The SMILES string of the molecule is CCN(CC)C(=O)CN(C)C(=O)CCc1c(C)nc2ncnn2c1C. The lowest BCUT2D eigenvalue weighted by Crippen LogP contribution is -2.41. The van der Waals surface area contributed by atoms with Gasteiger partial charge in [0.2, 0.25) is 11.8 Å². The number of aryl methyl sites for hydroxylation is 2. The van der Waals surface area contributed by atoms with Crippen LogP contribution in [0.5, 0.6) is 0 Å². The van der Waals surface area contributed by atoms with Crippen molar-refractivity contribution in [1.82, 2.24) is 29.4 Å². The molecule has 0 saturated heterocycles. The molecule has 0 N–H and O–H groups in total. The molecule has 25 heavy (non-hydrogen) atoms. The summed E-state index contributed by atoms with van der Waals surface area (Å²) in [5.41, 5.74) is 2.79. The first kappa shape index (κ1) is 18.8. The first-order chi connectivity index (χ1) is 11.9. The molecule has 8 nitrogen and oxygen atoms in total. The maximum absolute atomic E-state index is 12.4. The zero-order valence-corrected chi connectivity index (χ0v) is 15.6. The van der Waals surface area contributed by atoms with Gasteiger partial charge in [-0.3, -0.25) is 9.59 Å². The third-order valence-electron chi connectivity index (χ3n) is 4.49. The average Bonchev–Trinajstić information content (AvgIpc) is 3.03. The van der Waals surface area contributed by atoms with Crippen LogP contribution in [0, 0.1) is 13.8 Å². The lowest BCUT2D eigenvalue weighted by molar-refractivity contribution is -0.139. The third kappa shape index (κ3) is 4.12. The summed E-state index contributed by atoms with van der Waals surface area (Å²) in [6.45, 7) is 9.14. The first-order valence-corrected chi connectivity index (χ1v) is 8.56. The van der Waals surface area contributed by atoms with Gasteiger partial charge in [0.15, 0.2) is 0 Å². The Bertz CT molecular complexity index is 766. The highest BCUT2D eigenvalue weighted by Crippen LogP contribution is 2.15. The van der Waals surface area contributed by atoms with Crippen molar-refractivity contribution >= 4 is 17.6 Å². The van der Waals surface area contributed by atoms with Gasteiger partial charge >= 0.3 is 0 Å². The van der Waals surface area contributed by atoms with E-state index >= 15 is 0 Å². The van der Waals surface area contributed by atoms with E-state index < -0.39 is 0 Å². The Balaban J connectivity index is 2.01. The molecule has 0 unspecified atom stereocenters. The van der Waals surface area contributed by atoms with Crippen molar-refractivity contribution in [2.45, 2.75) is 40.5 Å². The van der Waals surface area contributed by atoms with Crippen molar-refractivity contribution in [3.8, 4) is 0 Å². The number of hydrogen-bond donors (Lipinski definition) is 0. The van der Waals surface area contributed by atoms with E-state index in [9.17, 15) is 9.59 Å². The fraction of sp³-hybridized carbons (Fsp3) is 0.588. The zero-order valence-electron chi connectivity index (χ0n) is 15.6. The van der Waals surface area contributed by atoms with Crippen LogP contribution >= 0.6 is 0 Å². The van der Waals surface area contributed by atoms with E-state index in [0.717, 1.165) is 17.0 Å². The van der Waals surface area contributed by atoms with Crippen LogP contribution in [-0.4, -0.2) is 67.9 Å². The highest BCUT2D eigenvalue weighted by molar-refractivity contribution is 5.84. The summed E-state index contributed by atoms with van der Waals surface area (Å²) in [4.78, 5) is 36.2. The van der Waals surface area contributed by atoms with Gasteiger partial charge in [-0.1, -0.05) is 0 Å². The molecular weight excluding hydrogens is 320 g/mol. The van der Waals surface area contributed by atoms with Crippen molar-refractivity contribution in [1.29, 1.82) is 0 Å². The number of rotatable bonds is 7. The molecule has 0 aliphatic rings. The van der Waals surface area contributed by atoms with Gasteiger partial charge in [0, 0.05) is 37.9 Å². The predicted octanol–water partition coefficient (Wildman–Crippen LogP) is 1.00. The summed E-state index contributed by atoms with van der Waals surface area (Å²) in [5.74, 6) is 0.476. The van der Waals surface area contributed by atoms with E-state index in [4.69, 9.17) is 0 Å². The number of nitrogens with zero attached hydrogens (tertiary/aromatic N) is 6. The number of aromatic nitrogens is 4. The predicted molar refractivity (Wildman–Crippen MR) is 94.1 cm³/mol. The monoisotopic (exact) mass is 346 g/mol. The highest BCUT2D eigenvalue weighted by atomic mass is 16.2. The van der Waals surface area contributed by atoms with Gasteiger partial charge in [0.25, 0.3) is 5.78 Å². The number of carbonyl (C=O) groups is 2. The fourth-order valence-electron chi connectivity index (χ4n) is 2.91. The summed E-state index contributed by atoms with van der Waals surface area (Å²) in [7, 11) is 1.67. The summed E-state index contributed by atoms with van der Waals surface area (Å²) in [6, 6.07) is 0. The van der Waals surface area contributed by atoms with E-state index in [1.165, 1.54) is 11.2 Å². The maximum atomic E-state index is 12.4. The van der Waals surface area contributed by atoms with Crippen molar-refractivity contribution in [2.75, 3.05) is 26.7 Å². The summed E-state index contributed by atoms with van der Waals surface area (Å²) in [6.07, 6.45) is 2.35. The molecular formula is C17H26N6O2. The topological polar surface area (TPSA) is 83.7 Å². The highest BCUT2D eigenvalue weighted by Gasteiger charge is 2.18. The lowest BCUT2D eigenvalue weighted by Gasteiger charge is -2.23. The Morgan fingerprint density at radius 2 is 1.84 bits per heavy atom. The van der Waals surface area contributed by atoms with Gasteiger partial charge in [-0.25, -0.2) is 9.50 Å². The number of amides is 2. The molecule has 0 fully saturated rings. The van der Waals surface area contributed by atoms with Crippen molar-refractivity contribution in [3.05, 3.63) is 23.3 Å². The van der Waals surface area contributed by atoms with Crippen LogP contribution < -0.4 is 0 Å². The zero-order chi connectivity index (χ0) is 18.6. The van der Waals surface area contributed by atoms with Crippen molar-refractivity contribution in [2.24, 2.45) is 0 Å². The number of carbonyl (C=O) groups excluding carboxylic acids is 2. The van der Waals surface area contributed by atoms with Gasteiger partial charge in [0.05, 0.1) is 6.54 Å². The smallest absolute Gasteiger partial charge is 0.252 e. The van der Waals surface area contributed by atoms with E-state index in [-0.39, 0.29) is 18.4 Å². The molecule has 2 aromatic rings. The third-order valence-corrected chi connectivity index (χ3v) is 4.49. The van der Waals surface area contributed by atoms with Crippen LogP contribution in [-0.2, 0) is 16.0 Å². The fourth-order valence-corrected chi connectivity index (χ4v) is 2.91. The van der Waals surface area contributed by atoms with Crippen LogP contribution in [0.1, 0.15) is 37.2 Å². The molecule has 0 aliphatic heterocycles. The minimum atomic E-state index is -0.0574. The molecule has 0 saturated carbocycles. The Labute approximate surface area is 147 Å². The summed E-state index contributed by atoms with van der Waals surface area (Å²) < 4.78 is 1.68. The first-order valence-electron chi connectivity index (χ1n) is 8.56. The molecule has 0 radical (unpaired) electrons. The normalized spacial score (nSPS) is 10.9. The summed E-state index contributed by atoms with van der Waals surface area (Å²) in [5, 5.41) is 4.16. The van der Waals surface area contributed by atoms with Gasteiger partial charge < -0.3 is 9.80 Å². The summed E-state index contributed by atoms with van der Waals surface area (Å²) >= 11 is 0.